The molecule has 2 heterocycles. The average Bonchev–Trinajstić information content (AvgIpc) is 2.90. The molecule has 1 unspecified atom stereocenters. The van der Waals surface area contributed by atoms with E-state index in [0.717, 1.165) is 0 Å². The van der Waals surface area contributed by atoms with Gasteiger partial charge in [0.15, 0.2) is 9.84 Å². The number of rotatable bonds is 3. The van der Waals surface area contributed by atoms with Gasteiger partial charge in [0.2, 0.25) is 5.91 Å². The molecule has 1 atom stereocenters. The van der Waals surface area contributed by atoms with E-state index in [-0.39, 0.29) is 29.1 Å². The average molecular weight is 340 g/mol. The Labute approximate surface area is 136 Å². The molecule has 1 aromatic carbocycles. The highest BCUT2D eigenvalue weighted by molar-refractivity contribution is 7.91. The first kappa shape index (κ1) is 16.4. The second-order valence-electron chi connectivity index (χ2n) is 6.29. The molecule has 126 valence electrons. The SMILES string of the molecule is O=C(C1CCS(=O)(=O)C1)N1CCN(Cc2ccccc2F)CC1. The number of nitrogens with zero attached hydrogens (tertiary/aromatic N) is 2. The van der Waals surface area contributed by atoms with Crippen LogP contribution in [0, 0.1) is 11.7 Å². The minimum atomic E-state index is -3.03. The van der Waals surface area contributed by atoms with Crippen LogP contribution in [0.5, 0.6) is 0 Å². The second kappa shape index (κ2) is 6.57. The first-order valence-corrected chi connectivity index (χ1v) is 9.72. The number of hydrogen-bond acceptors (Lipinski definition) is 4. The van der Waals surface area contributed by atoms with Gasteiger partial charge in [-0.15, -0.1) is 0 Å². The number of halogens is 1. The maximum atomic E-state index is 13.7. The Kier molecular flexibility index (Phi) is 4.68. The van der Waals surface area contributed by atoms with Crippen LogP contribution in [0.1, 0.15) is 12.0 Å². The molecule has 7 heteroatoms. The monoisotopic (exact) mass is 340 g/mol. The highest BCUT2D eigenvalue weighted by atomic mass is 32.2. The van der Waals surface area contributed by atoms with Gasteiger partial charge in [-0.05, 0) is 12.5 Å². The Balaban J connectivity index is 1.52. The molecule has 0 N–H and O–H groups in total. The maximum Gasteiger partial charge on any atom is 0.226 e. The van der Waals surface area contributed by atoms with Crippen LogP contribution in [0.4, 0.5) is 4.39 Å². The van der Waals surface area contributed by atoms with Crippen LogP contribution in [-0.4, -0.2) is 61.8 Å². The smallest absolute Gasteiger partial charge is 0.226 e. The molecule has 0 spiro atoms. The Hall–Kier alpha value is -1.47. The number of amides is 1. The fourth-order valence-electron chi connectivity index (χ4n) is 3.24. The van der Waals surface area contributed by atoms with E-state index in [0.29, 0.717) is 44.7 Å². The number of sulfone groups is 1. The van der Waals surface area contributed by atoms with Crippen molar-refractivity contribution in [3.05, 3.63) is 35.6 Å². The van der Waals surface area contributed by atoms with Crippen molar-refractivity contribution in [1.29, 1.82) is 0 Å². The van der Waals surface area contributed by atoms with Gasteiger partial charge in [0, 0.05) is 38.3 Å². The maximum absolute atomic E-state index is 13.7. The van der Waals surface area contributed by atoms with Crippen molar-refractivity contribution in [2.24, 2.45) is 5.92 Å². The summed E-state index contributed by atoms with van der Waals surface area (Å²) < 4.78 is 36.7. The third kappa shape index (κ3) is 3.90. The van der Waals surface area contributed by atoms with E-state index in [9.17, 15) is 17.6 Å². The second-order valence-corrected chi connectivity index (χ2v) is 8.52. The van der Waals surface area contributed by atoms with E-state index in [1.807, 2.05) is 6.07 Å². The fourth-order valence-corrected chi connectivity index (χ4v) is 4.97. The molecule has 0 radical (unpaired) electrons. The van der Waals surface area contributed by atoms with Crippen LogP contribution in [0.25, 0.3) is 0 Å². The van der Waals surface area contributed by atoms with Gasteiger partial charge >= 0.3 is 0 Å². The predicted molar refractivity (Wildman–Crippen MR) is 85.0 cm³/mol. The zero-order valence-electron chi connectivity index (χ0n) is 12.9. The first-order chi connectivity index (χ1) is 10.9. The normalized spacial score (nSPS) is 24.7. The molecule has 0 saturated carbocycles. The first-order valence-electron chi connectivity index (χ1n) is 7.89. The van der Waals surface area contributed by atoms with E-state index < -0.39 is 9.84 Å². The van der Waals surface area contributed by atoms with Gasteiger partial charge in [-0.1, -0.05) is 18.2 Å². The van der Waals surface area contributed by atoms with Crippen LogP contribution < -0.4 is 0 Å². The third-order valence-electron chi connectivity index (χ3n) is 4.62. The fraction of sp³-hybridized carbons (Fsp3) is 0.562. The standard InChI is InChI=1S/C16H21FN2O3S/c17-15-4-2-1-3-13(15)11-18-6-8-19(9-7-18)16(20)14-5-10-23(21,22)12-14/h1-4,14H,5-12H2. The lowest BCUT2D eigenvalue weighted by Gasteiger charge is -2.35. The molecule has 3 rings (SSSR count). The van der Waals surface area contributed by atoms with Crippen LogP contribution in [0.3, 0.4) is 0 Å². The van der Waals surface area contributed by atoms with Gasteiger partial charge in [-0.3, -0.25) is 9.69 Å². The summed E-state index contributed by atoms with van der Waals surface area (Å²) in [5.74, 6) is -0.519. The van der Waals surface area contributed by atoms with Crippen molar-refractivity contribution in [3.63, 3.8) is 0 Å². The van der Waals surface area contributed by atoms with Crippen molar-refractivity contribution in [3.8, 4) is 0 Å². The summed E-state index contributed by atoms with van der Waals surface area (Å²) in [6.07, 6.45) is 0.441. The third-order valence-corrected chi connectivity index (χ3v) is 6.39. The van der Waals surface area contributed by atoms with E-state index in [1.54, 1.807) is 17.0 Å². The summed E-state index contributed by atoms with van der Waals surface area (Å²) >= 11 is 0. The van der Waals surface area contributed by atoms with E-state index in [4.69, 9.17) is 0 Å². The number of carbonyl (C=O) groups is 1. The molecule has 0 bridgehead atoms. The lowest BCUT2D eigenvalue weighted by molar-refractivity contribution is -0.136. The Morgan fingerprint density at radius 1 is 1.17 bits per heavy atom. The van der Waals surface area contributed by atoms with Crippen molar-refractivity contribution in [2.45, 2.75) is 13.0 Å². The molecule has 0 aliphatic carbocycles. The van der Waals surface area contributed by atoms with Crippen molar-refractivity contribution < 1.29 is 17.6 Å². The topological polar surface area (TPSA) is 57.7 Å². The minimum absolute atomic E-state index is 0.0126. The summed E-state index contributed by atoms with van der Waals surface area (Å²) in [5.41, 5.74) is 0.661. The molecular weight excluding hydrogens is 319 g/mol. The lowest BCUT2D eigenvalue weighted by atomic mass is 10.1. The van der Waals surface area contributed by atoms with E-state index in [2.05, 4.69) is 4.90 Å². The van der Waals surface area contributed by atoms with E-state index >= 15 is 0 Å². The van der Waals surface area contributed by atoms with Crippen molar-refractivity contribution >= 4 is 15.7 Å². The summed E-state index contributed by atoms with van der Waals surface area (Å²) in [4.78, 5) is 16.3. The van der Waals surface area contributed by atoms with Gasteiger partial charge in [0.05, 0.1) is 17.4 Å². The van der Waals surface area contributed by atoms with Gasteiger partial charge in [0.25, 0.3) is 0 Å². The Bertz CT molecular complexity index is 684. The minimum Gasteiger partial charge on any atom is -0.340 e. The molecule has 5 nitrogen and oxygen atoms in total. The molecular formula is C16H21FN2O3S. The van der Waals surface area contributed by atoms with Crippen molar-refractivity contribution in [1.82, 2.24) is 9.80 Å². The van der Waals surface area contributed by atoms with Crippen LogP contribution in [0.15, 0.2) is 24.3 Å². The molecule has 1 aromatic rings. The molecule has 2 aliphatic rings. The Morgan fingerprint density at radius 2 is 1.87 bits per heavy atom. The number of piperazine rings is 1. The largest absolute Gasteiger partial charge is 0.340 e. The molecule has 2 saturated heterocycles. The van der Waals surface area contributed by atoms with Crippen molar-refractivity contribution in [2.75, 3.05) is 37.7 Å². The van der Waals surface area contributed by atoms with Crippen LogP contribution in [0.2, 0.25) is 0 Å². The highest BCUT2D eigenvalue weighted by Crippen LogP contribution is 2.22. The zero-order valence-corrected chi connectivity index (χ0v) is 13.8. The van der Waals surface area contributed by atoms with Crippen LogP contribution >= 0.6 is 0 Å². The summed E-state index contributed by atoms with van der Waals surface area (Å²) in [5, 5.41) is 0. The van der Waals surface area contributed by atoms with Gasteiger partial charge in [-0.25, -0.2) is 12.8 Å². The van der Waals surface area contributed by atoms with E-state index in [1.165, 1.54) is 6.07 Å². The highest BCUT2D eigenvalue weighted by Gasteiger charge is 2.36. The predicted octanol–water partition coefficient (Wildman–Crippen LogP) is 0.905. The lowest BCUT2D eigenvalue weighted by Crippen LogP contribution is -2.50. The molecule has 23 heavy (non-hydrogen) atoms. The zero-order chi connectivity index (χ0) is 16.4. The molecule has 0 aromatic heterocycles. The molecule has 2 fully saturated rings. The summed E-state index contributed by atoms with van der Waals surface area (Å²) in [6.45, 7) is 3.04. The summed E-state index contributed by atoms with van der Waals surface area (Å²) in [6, 6.07) is 6.72. The number of hydrogen-bond donors (Lipinski definition) is 0. The number of carbonyl (C=O) groups excluding carboxylic acids is 1. The van der Waals surface area contributed by atoms with Gasteiger partial charge in [-0.2, -0.15) is 0 Å². The van der Waals surface area contributed by atoms with Gasteiger partial charge in [0.1, 0.15) is 5.82 Å². The van der Waals surface area contributed by atoms with Crippen LogP contribution in [-0.2, 0) is 21.2 Å². The quantitative estimate of drug-likeness (QED) is 0.821. The summed E-state index contributed by atoms with van der Waals surface area (Å²) in [7, 11) is -3.03. The molecule has 2 aliphatic heterocycles. The molecule has 1 amide bonds. The Morgan fingerprint density at radius 3 is 2.48 bits per heavy atom. The number of benzene rings is 1. The van der Waals surface area contributed by atoms with Gasteiger partial charge < -0.3 is 4.90 Å².